The molecule has 3 N–H and O–H groups in total. The quantitative estimate of drug-likeness (QED) is 0.568. The van der Waals surface area contributed by atoms with E-state index in [9.17, 15) is 23.1 Å². The molecule has 9 nitrogen and oxygen atoms in total. The summed E-state index contributed by atoms with van der Waals surface area (Å²) in [5.41, 5.74) is 0.251. The highest BCUT2D eigenvalue weighted by atomic mass is 19.4. The third-order valence-corrected chi connectivity index (χ3v) is 6.22. The molecule has 0 radical (unpaired) electrons. The third-order valence-electron chi connectivity index (χ3n) is 6.22. The fourth-order valence-electron chi connectivity index (χ4n) is 4.55. The molecule has 0 bridgehead atoms. The van der Waals surface area contributed by atoms with E-state index in [4.69, 9.17) is 0 Å². The number of nitrogens with zero attached hydrogens (tertiary/aromatic N) is 5. The molecule has 0 aromatic carbocycles. The minimum atomic E-state index is -4.41. The van der Waals surface area contributed by atoms with Gasteiger partial charge >= 0.3 is 12.2 Å². The van der Waals surface area contributed by atoms with Gasteiger partial charge in [0.25, 0.3) is 0 Å². The first-order valence-corrected chi connectivity index (χ1v) is 10.3. The highest BCUT2D eigenvalue weighted by Crippen LogP contribution is 2.51. The Balaban J connectivity index is 1.40. The molecule has 2 fully saturated rings. The Morgan fingerprint density at radius 2 is 2.06 bits per heavy atom. The van der Waals surface area contributed by atoms with Crippen LogP contribution < -0.4 is 5.32 Å². The molecule has 2 amide bonds. The van der Waals surface area contributed by atoms with Gasteiger partial charge in [0.1, 0.15) is 12.2 Å². The maximum Gasteiger partial charge on any atom is 0.408 e. The second-order valence-corrected chi connectivity index (χ2v) is 8.93. The number of hydrogen-bond acceptors (Lipinski definition) is 5. The largest absolute Gasteiger partial charge is 0.408 e. The van der Waals surface area contributed by atoms with Gasteiger partial charge in [-0.15, -0.1) is 0 Å². The number of fused-ring (bicyclic) bond motifs is 1. The minimum Gasteiger partial charge on any atom is -0.390 e. The Morgan fingerprint density at radius 3 is 2.78 bits per heavy atom. The maximum atomic E-state index is 13.0. The fraction of sp³-hybridized carbons (Fsp3) is 0.500. The summed E-state index contributed by atoms with van der Waals surface area (Å²) < 4.78 is 39.4. The van der Waals surface area contributed by atoms with Gasteiger partial charge in [-0.3, -0.25) is 14.8 Å². The highest BCUT2D eigenvalue weighted by Gasteiger charge is 2.56. The van der Waals surface area contributed by atoms with E-state index < -0.39 is 18.3 Å². The van der Waals surface area contributed by atoms with Gasteiger partial charge in [-0.25, -0.2) is 4.79 Å². The van der Waals surface area contributed by atoms with E-state index in [1.165, 1.54) is 24.7 Å². The number of hydrogen-bond donors (Lipinski definition) is 3. The molecular formula is C20H22F3N7O2. The number of amides is 2. The van der Waals surface area contributed by atoms with E-state index in [0.717, 1.165) is 17.5 Å². The van der Waals surface area contributed by atoms with Crippen LogP contribution in [-0.4, -0.2) is 64.9 Å². The van der Waals surface area contributed by atoms with E-state index in [-0.39, 0.29) is 17.1 Å². The molecule has 12 heteroatoms. The predicted molar refractivity (Wildman–Crippen MR) is 109 cm³/mol. The van der Waals surface area contributed by atoms with Crippen LogP contribution in [0.2, 0.25) is 0 Å². The zero-order valence-corrected chi connectivity index (χ0v) is 17.3. The fourth-order valence-corrected chi connectivity index (χ4v) is 4.55. The Morgan fingerprint density at radius 1 is 1.28 bits per heavy atom. The Labute approximate surface area is 180 Å². The molecule has 1 aliphatic carbocycles. The molecule has 1 aliphatic heterocycles. The maximum absolute atomic E-state index is 13.0. The molecule has 4 heterocycles. The van der Waals surface area contributed by atoms with E-state index >= 15 is 0 Å². The summed E-state index contributed by atoms with van der Waals surface area (Å²) >= 11 is 0. The van der Waals surface area contributed by atoms with Gasteiger partial charge in [0.05, 0.1) is 34.9 Å². The van der Waals surface area contributed by atoms with Crippen molar-refractivity contribution in [3.63, 3.8) is 0 Å². The van der Waals surface area contributed by atoms with Gasteiger partial charge in [-0.1, -0.05) is 0 Å². The van der Waals surface area contributed by atoms with Gasteiger partial charge in [0.2, 0.25) is 0 Å². The molecular weight excluding hydrogens is 427 g/mol. The number of urea groups is 1. The van der Waals surface area contributed by atoms with Crippen LogP contribution in [0.3, 0.4) is 0 Å². The molecule has 3 aromatic heterocycles. The lowest BCUT2D eigenvalue weighted by Gasteiger charge is -2.43. The average molecular weight is 449 g/mol. The lowest BCUT2D eigenvalue weighted by Crippen LogP contribution is -2.54. The molecule has 32 heavy (non-hydrogen) atoms. The van der Waals surface area contributed by atoms with Crippen molar-refractivity contribution in [2.45, 2.75) is 56.5 Å². The van der Waals surface area contributed by atoms with Crippen molar-refractivity contribution in [2.24, 2.45) is 0 Å². The van der Waals surface area contributed by atoms with Crippen LogP contribution in [-0.2, 0) is 6.54 Å². The zero-order chi connectivity index (χ0) is 22.7. The number of carbonyl (C=O) groups is 1. The molecule has 1 atom stereocenters. The van der Waals surface area contributed by atoms with Gasteiger partial charge in [0.15, 0.2) is 0 Å². The molecule has 1 unspecified atom stereocenters. The molecule has 3 aromatic rings. The molecule has 1 saturated carbocycles. The average Bonchev–Trinajstić information content (AvgIpc) is 3.11. The van der Waals surface area contributed by atoms with Crippen molar-refractivity contribution in [2.75, 3.05) is 11.9 Å². The molecule has 170 valence electrons. The van der Waals surface area contributed by atoms with E-state index in [1.54, 1.807) is 11.8 Å². The predicted octanol–water partition coefficient (Wildman–Crippen LogP) is 3.30. The topological polar surface area (TPSA) is 112 Å². The number of halogens is 3. The number of nitrogens with one attached hydrogen (secondary N) is 2. The van der Waals surface area contributed by atoms with Crippen LogP contribution >= 0.6 is 0 Å². The number of aliphatic hydroxyl groups is 1. The SMILES string of the molecule is CC1(O)CCN(C(=O)Nc2cn[nH]c2-c2cc3c(cn2)cnn3CC(F)(F)F)C2(CC2)C1. The number of rotatable bonds is 3. The first-order chi connectivity index (χ1) is 15.1. The Kier molecular flexibility index (Phi) is 4.49. The number of anilines is 1. The van der Waals surface area contributed by atoms with Crippen molar-refractivity contribution in [3.05, 3.63) is 24.7 Å². The molecule has 1 spiro atoms. The molecule has 5 rings (SSSR count). The standard InChI is InChI=1S/C20H22F3N7O2/c1-18(32)4-5-29(19(10-18)2-3-19)17(31)27-14-9-25-28-16(14)13-6-15-12(7-24-13)8-26-30(15)11-20(21,22)23/h6-9,32H,2-5,10-11H2,1H3,(H,25,28)(H,27,31). The van der Waals surface area contributed by atoms with Gasteiger partial charge in [-0.05, 0) is 38.7 Å². The second kappa shape index (κ2) is 6.92. The number of H-pyrrole nitrogens is 1. The van der Waals surface area contributed by atoms with Gasteiger partial charge in [-0.2, -0.15) is 23.4 Å². The van der Waals surface area contributed by atoms with Crippen molar-refractivity contribution < 1.29 is 23.1 Å². The van der Waals surface area contributed by atoms with E-state index in [0.29, 0.717) is 41.8 Å². The summed E-state index contributed by atoms with van der Waals surface area (Å²) in [5.74, 6) is 0. The number of aromatic nitrogens is 5. The summed E-state index contributed by atoms with van der Waals surface area (Å²) in [4.78, 5) is 19.1. The van der Waals surface area contributed by atoms with E-state index in [2.05, 4.69) is 25.6 Å². The lowest BCUT2D eigenvalue weighted by atomic mass is 9.86. The smallest absolute Gasteiger partial charge is 0.390 e. The van der Waals surface area contributed by atoms with Crippen molar-refractivity contribution in [1.82, 2.24) is 29.9 Å². The number of piperidine rings is 1. The molecule has 2 aliphatic rings. The summed E-state index contributed by atoms with van der Waals surface area (Å²) in [6.07, 6.45) is 2.50. The first kappa shape index (κ1) is 20.7. The minimum absolute atomic E-state index is 0.273. The van der Waals surface area contributed by atoms with Crippen LogP contribution in [0.5, 0.6) is 0 Å². The molecule has 1 saturated heterocycles. The normalized spacial score (nSPS) is 22.5. The first-order valence-electron chi connectivity index (χ1n) is 10.3. The van der Waals surface area contributed by atoms with Crippen molar-refractivity contribution in [1.29, 1.82) is 0 Å². The van der Waals surface area contributed by atoms with Crippen LogP contribution in [0, 0.1) is 0 Å². The van der Waals surface area contributed by atoms with Crippen molar-refractivity contribution >= 4 is 22.6 Å². The number of aromatic amines is 1. The second-order valence-electron chi connectivity index (χ2n) is 8.93. The number of alkyl halides is 3. The van der Waals surface area contributed by atoms with Crippen LogP contribution in [0.1, 0.15) is 32.6 Å². The highest BCUT2D eigenvalue weighted by molar-refractivity contribution is 5.94. The summed E-state index contributed by atoms with van der Waals surface area (Å²) in [5, 5.41) is 24.3. The van der Waals surface area contributed by atoms with Gasteiger partial charge < -0.3 is 15.3 Å². The lowest BCUT2D eigenvalue weighted by molar-refractivity contribution is -0.141. The van der Waals surface area contributed by atoms with Crippen LogP contribution in [0.15, 0.2) is 24.7 Å². The van der Waals surface area contributed by atoms with Crippen LogP contribution in [0.4, 0.5) is 23.7 Å². The van der Waals surface area contributed by atoms with Crippen LogP contribution in [0.25, 0.3) is 22.3 Å². The number of likely N-dealkylation sites (tertiary alicyclic amines) is 1. The Bertz CT molecular complexity index is 1180. The summed E-state index contributed by atoms with van der Waals surface area (Å²) in [7, 11) is 0. The zero-order valence-electron chi connectivity index (χ0n) is 17.3. The number of carbonyl (C=O) groups excluding carboxylic acids is 1. The van der Waals surface area contributed by atoms with E-state index in [1.807, 2.05) is 0 Å². The van der Waals surface area contributed by atoms with Crippen molar-refractivity contribution in [3.8, 4) is 11.4 Å². The summed E-state index contributed by atoms with van der Waals surface area (Å²) in [6.45, 7) is 1.02. The Hall–Kier alpha value is -3.15. The third kappa shape index (κ3) is 3.78. The monoisotopic (exact) mass is 449 g/mol. The number of pyridine rings is 1. The summed E-state index contributed by atoms with van der Waals surface area (Å²) in [6, 6.07) is 1.18. The van der Waals surface area contributed by atoms with Gasteiger partial charge in [0, 0.05) is 23.7 Å².